The summed E-state index contributed by atoms with van der Waals surface area (Å²) in [5, 5.41) is 11.0. The highest BCUT2D eigenvalue weighted by Crippen LogP contribution is 2.57. The number of fused-ring (bicyclic) bond motifs is 3. The SMILES string of the molecule is COP(=O)(O)C(C(=O)Nc1cc(NC(=O)C2CCN(C(=O)c3ccc4ccccc4c3)CC2)c2ccccc2c1)c1cccc2ccccc12. The van der Waals surface area contributed by atoms with Crippen molar-refractivity contribution in [3.8, 4) is 0 Å². The molecule has 0 radical (unpaired) electrons. The van der Waals surface area contributed by atoms with Crippen LogP contribution in [0.15, 0.2) is 121 Å². The van der Waals surface area contributed by atoms with E-state index in [2.05, 4.69) is 10.6 Å². The third kappa shape index (κ3) is 6.63. The fraction of sp³-hybridized carbons (Fsp3) is 0.175. The first-order valence-corrected chi connectivity index (χ1v) is 18.1. The number of carbonyl (C=O) groups excluding carboxylic acids is 3. The summed E-state index contributed by atoms with van der Waals surface area (Å²) in [6.07, 6.45) is 1.02. The van der Waals surface area contributed by atoms with Crippen LogP contribution in [0, 0.1) is 5.92 Å². The zero-order valence-electron chi connectivity index (χ0n) is 27.4. The van der Waals surface area contributed by atoms with Crippen LogP contribution in [-0.4, -0.2) is 47.7 Å². The van der Waals surface area contributed by atoms with Crippen molar-refractivity contribution >= 4 is 69.0 Å². The lowest BCUT2D eigenvalue weighted by Gasteiger charge is -2.31. The molecule has 1 aliphatic heterocycles. The molecule has 2 unspecified atom stereocenters. The van der Waals surface area contributed by atoms with Crippen LogP contribution in [0.1, 0.15) is 34.4 Å². The predicted octanol–water partition coefficient (Wildman–Crippen LogP) is 8.15. The van der Waals surface area contributed by atoms with E-state index in [4.69, 9.17) is 4.52 Å². The Kier molecular flexibility index (Phi) is 9.21. The summed E-state index contributed by atoms with van der Waals surface area (Å²) in [6.45, 7) is 0.910. The molecule has 0 aliphatic carbocycles. The summed E-state index contributed by atoms with van der Waals surface area (Å²) >= 11 is 0. The summed E-state index contributed by atoms with van der Waals surface area (Å²) in [4.78, 5) is 53.5. The quantitative estimate of drug-likeness (QED) is 0.139. The van der Waals surface area contributed by atoms with E-state index in [1.165, 1.54) is 0 Å². The minimum atomic E-state index is -4.46. The highest BCUT2D eigenvalue weighted by atomic mass is 31.2. The third-order valence-corrected chi connectivity index (χ3v) is 11.2. The Morgan fingerprint density at radius 1 is 0.740 bits per heavy atom. The van der Waals surface area contributed by atoms with Crippen LogP contribution in [0.5, 0.6) is 0 Å². The van der Waals surface area contributed by atoms with Gasteiger partial charge in [-0.25, -0.2) is 0 Å². The molecule has 50 heavy (non-hydrogen) atoms. The molecule has 10 heteroatoms. The number of piperidine rings is 1. The first-order valence-electron chi connectivity index (χ1n) is 16.5. The van der Waals surface area contributed by atoms with Gasteiger partial charge in [0.2, 0.25) is 11.8 Å². The molecular weight excluding hydrogens is 649 g/mol. The van der Waals surface area contributed by atoms with E-state index in [9.17, 15) is 23.8 Å². The number of hydrogen-bond acceptors (Lipinski definition) is 5. The number of carbonyl (C=O) groups is 3. The fourth-order valence-corrected chi connectivity index (χ4v) is 7.99. The van der Waals surface area contributed by atoms with Gasteiger partial charge in [-0.1, -0.05) is 97.1 Å². The first-order chi connectivity index (χ1) is 24.2. The summed E-state index contributed by atoms with van der Waals surface area (Å²) in [5.41, 5.74) is 0.334. The minimum absolute atomic E-state index is 0.0493. The normalized spacial score (nSPS) is 15.4. The summed E-state index contributed by atoms with van der Waals surface area (Å²) in [7, 11) is -3.35. The number of nitrogens with zero attached hydrogens (tertiary/aromatic N) is 1. The van der Waals surface area contributed by atoms with Gasteiger partial charge in [-0.3, -0.25) is 18.9 Å². The van der Waals surface area contributed by atoms with Crippen LogP contribution >= 0.6 is 7.60 Å². The number of likely N-dealkylation sites (tertiary alicyclic amines) is 1. The molecule has 0 aromatic heterocycles. The largest absolute Gasteiger partial charge is 0.344 e. The van der Waals surface area contributed by atoms with E-state index in [0.717, 1.165) is 34.0 Å². The number of anilines is 2. The summed E-state index contributed by atoms with van der Waals surface area (Å²) < 4.78 is 18.4. The number of nitrogens with one attached hydrogen (secondary N) is 2. The van der Waals surface area contributed by atoms with Crippen LogP contribution in [0.2, 0.25) is 0 Å². The second-order valence-corrected chi connectivity index (χ2v) is 14.6. The molecule has 1 saturated heterocycles. The fourth-order valence-electron chi connectivity index (χ4n) is 6.84. The minimum Gasteiger partial charge on any atom is -0.339 e. The number of benzene rings is 6. The maximum absolute atomic E-state index is 13.9. The Balaban J connectivity index is 1.09. The number of rotatable bonds is 8. The molecular formula is C40H36N3O6P. The molecule has 3 amide bonds. The first kappa shape index (κ1) is 33.2. The van der Waals surface area contributed by atoms with E-state index in [1.54, 1.807) is 41.3 Å². The van der Waals surface area contributed by atoms with Crippen LogP contribution in [-0.2, 0) is 18.7 Å². The zero-order valence-corrected chi connectivity index (χ0v) is 28.3. The van der Waals surface area contributed by atoms with Gasteiger partial charge in [-0.2, -0.15) is 0 Å². The molecule has 6 aromatic carbocycles. The van der Waals surface area contributed by atoms with Gasteiger partial charge in [0.05, 0.1) is 5.69 Å². The van der Waals surface area contributed by atoms with Crippen LogP contribution < -0.4 is 10.6 Å². The summed E-state index contributed by atoms with van der Waals surface area (Å²) in [6, 6.07) is 37.1. The Bertz CT molecular complexity index is 2310. The standard InChI is InChI=1S/C40H36N3O6P/c1-49-50(47,48)37(35-16-8-13-27-10-4-6-14-33(27)35)39(45)41-32-24-30-12-5-7-15-34(30)36(25-32)42-38(44)28-19-21-43(22-20-28)40(46)31-18-17-26-9-2-3-11-29(26)23-31/h2-18,23-25,28,37H,19-22H2,1H3,(H,41,45)(H,42,44)(H,47,48). The van der Waals surface area contributed by atoms with Crippen molar-refractivity contribution in [2.45, 2.75) is 18.5 Å². The molecule has 0 bridgehead atoms. The van der Waals surface area contributed by atoms with Gasteiger partial charge < -0.3 is 25.0 Å². The molecule has 7 rings (SSSR count). The van der Waals surface area contributed by atoms with Gasteiger partial charge in [0.1, 0.15) is 0 Å². The third-order valence-electron chi connectivity index (χ3n) is 9.49. The average molecular weight is 686 g/mol. The molecule has 0 saturated carbocycles. The lowest BCUT2D eigenvalue weighted by Crippen LogP contribution is -2.41. The maximum atomic E-state index is 13.9. The molecule has 9 nitrogen and oxygen atoms in total. The van der Waals surface area contributed by atoms with Crippen molar-refractivity contribution in [2.75, 3.05) is 30.8 Å². The van der Waals surface area contributed by atoms with E-state index in [1.807, 2.05) is 84.9 Å². The highest BCUT2D eigenvalue weighted by Gasteiger charge is 2.40. The molecule has 1 fully saturated rings. The topological polar surface area (TPSA) is 125 Å². The van der Waals surface area contributed by atoms with Gasteiger partial charge in [0, 0.05) is 42.8 Å². The van der Waals surface area contributed by atoms with E-state index in [-0.39, 0.29) is 17.7 Å². The molecule has 3 N–H and O–H groups in total. The smallest absolute Gasteiger partial charge is 0.339 e. The average Bonchev–Trinajstić information content (AvgIpc) is 3.14. The lowest BCUT2D eigenvalue weighted by molar-refractivity contribution is -0.121. The number of hydrogen-bond donors (Lipinski definition) is 3. The van der Waals surface area contributed by atoms with Crippen LogP contribution in [0.3, 0.4) is 0 Å². The Morgan fingerprint density at radius 3 is 2.12 bits per heavy atom. The van der Waals surface area contributed by atoms with E-state index < -0.39 is 19.2 Å². The van der Waals surface area contributed by atoms with Crippen molar-refractivity contribution in [2.24, 2.45) is 5.92 Å². The zero-order chi connectivity index (χ0) is 34.8. The van der Waals surface area contributed by atoms with Gasteiger partial charge in [0.25, 0.3) is 5.91 Å². The van der Waals surface area contributed by atoms with Gasteiger partial charge in [-0.05, 0) is 69.6 Å². The van der Waals surface area contributed by atoms with Crippen LogP contribution in [0.4, 0.5) is 11.4 Å². The van der Waals surface area contributed by atoms with Crippen molar-refractivity contribution in [3.05, 3.63) is 132 Å². The molecule has 1 heterocycles. The molecule has 1 aliphatic rings. The van der Waals surface area contributed by atoms with Gasteiger partial charge >= 0.3 is 7.60 Å². The van der Waals surface area contributed by atoms with Crippen LogP contribution in [0.25, 0.3) is 32.3 Å². The number of amides is 3. The molecule has 0 spiro atoms. The molecule has 2 atom stereocenters. The van der Waals surface area contributed by atoms with Crippen molar-refractivity contribution in [3.63, 3.8) is 0 Å². The predicted molar refractivity (Wildman–Crippen MR) is 197 cm³/mol. The van der Waals surface area contributed by atoms with E-state index >= 15 is 0 Å². The Labute approximate surface area is 289 Å². The lowest BCUT2D eigenvalue weighted by atomic mass is 9.94. The molecule has 6 aromatic rings. The summed E-state index contributed by atoms with van der Waals surface area (Å²) in [5.74, 6) is -1.26. The Morgan fingerprint density at radius 2 is 1.38 bits per heavy atom. The maximum Gasteiger partial charge on any atom is 0.344 e. The van der Waals surface area contributed by atoms with Gasteiger partial charge in [-0.15, -0.1) is 0 Å². The molecule has 252 valence electrons. The van der Waals surface area contributed by atoms with Crippen molar-refractivity contribution < 1.29 is 28.4 Å². The Hall–Kier alpha value is -5.34. The van der Waals surface area contributed by atoms with Gasteiger partial charge in [0.15, 0.2) is 5.66 Å². The second kappa shape index (κ2) is 13.9. The highest BCUT2D eigenvalue weighted by molar-refractivity contribution is 7.54. The van der Waals surface area contributed by atoms with Crippen molar-refractivity contribution in [1.82, 2.24) is 4.90 Å². The second-order valence-electron chi connectivity index (χ2n) is 12.6. The van der Waals surface area contributed by atoms with E-state index in [0.29, 0.717) is 53.8 Å². The van der Waals surface area contributed by atoms with Crippen molar-refractivity contribution in [1.29, 1.82) is 0 Å². The monoisotopic (exact) mass is 685 g/mol.